The lowest BCUT2D eigenvalue weighted by Crippen LogP contribution is -2.35. The van der Waals surface area contributed by atoms with Crippen molar-refractivity contribution >= 4 is 11.5 Å². The summed E-state index contributed by atoms with van der Waals surface area (Å²) in [6.45, 7) is 4.24. The lowest BCUT2D eigenvalue weighted by Gasteiger charge is -2.27. The molecule has 2 unspecified atom stereocenters. The Morgan fingerprint density at radius 3 is 2.83 bits per heavy atom. The summed E-state index contributed by atoms with van der Waals surface area (Å²) in [7, 11) is 0. The first-order valence-electron chi connectivity index (χ1n) is 6.22. The molecule has 2 atom stereocenters. The number of ketones is 1. The SMILES string of the molecule is CC(=O)c1ccc(N2CCC(C)C2CO)c(F)c1. The summed E-state index contributed by atoms with van der Waals surface area (Å²) < 4.78 is 14.0. The van der Waals surface area contributed by atoms with Crippen LogP contribution in [0.15, 0.2) is 18.2 Å². The van der Waals surface area contributed by atoms with Crippen LogP contribution < -0.4 is 4.90 Å². The molecule has 1 aromatic rings. The quantitative estimate of drug-likeness (QED) is 0.837. The Morgan fingerprint density at radius 1 is 1.56 bits per heavy atom. The summed E-state index contributed by atoms with van der Waals surface area (Å²) in [6, 6.07) is 4.50. The van der Waals surface area contributed by atoms with Crippen LogP contribution in [0.5, 0.6) is 0 Å². The Bertz CT molecular complexity index is 461. The zero-order valence-corrected chi connectivity index (χ0v) is 10.7. The Labute approximate surface area is 106 Å². The van der Waals surface area contributed by atoms with Crippen LogP contribution in [0, 0.1) is 11.7 Å². The molecule has 98 valence electrons. The first-order chi connectivity index (χ1) is 8.54. The molecule has 0 radical (unpaired) electrons. The van der Waals surface area contributed by atoms with E-state index in [1.807, 2.05) is 4.90 Å². The van der Waals surface area contributed by atoms with Crippen LogP contribution >= 0.6 is 0 Å². The van der Waals surface area contributed by atoms with Crippen molar-refractivity contribution in [2.75, 3.05) is 18.1 Å². The number of aliphatic hydroxyl groups is 1. The minimum atomic E-state index is -0.393. The van der Waals surface area contributed by atoms with Crippen LogP contribution in [-0.2, 0) is 0 Å². The fourth-order valence-electron chi connectivity index (χ4n) is 2.54. The van der Waals surface area contributed by atoms with Gasteiger partial charge in [0.05, 0.1) is 18.3 Å². The lowest BCUT2D eigenvalue weighted by molar-refractivity contribution is 0.101. The van der Waals surface area contributed by atoms with E-state index in [0.717, 1.165) is 13.0 Å². The molecule has 0 spiro atoms. The summed E-state index contributed by atoms with van der Waals surface area (Å²) in [4.78, 5) is 13.1. The minimum Gasteiger partial charge on any atom is -0.394 e. The van der Waals surface area contributed by atoms with Crippen molar-refractivity contribution in [1.29, 1.82) is 0 Å². The van der Waals surface area contributed by atoms with E-state index in [1.54, 1.807) is 12.1 Å². The van der Waals surface area contributed by atoms with Gasteiger partial charge in [0.15, 0.2) is 5.78 Å². The molecule has 1 aromatic carbocycles. The highest BCUT2D eigenvalue weighted by Crippen LogP contribution is 2.31. The number of nitrogens with zero attached hydrogens (tertiary/aromatic N) is 1. The average molecular weight is 251 g/mol. The van der Waals surface area contributed by atoms with Gasteiger partial charge in [-0.15, -0.1) is 0 Å². The third-order valence-corrected chi connectivity index (χ3v) is 3.73. The van der Waals surface area contributed by atoms with Gasteiger partial charge in [0, 0.05) is 12.1 Å². The fourth-order valence-corrected chi connectivity index (χ4v) is 2.54. The maximum absolute atomic E-state index is 14.0. The van der Waals surface area contributed by atoms with E-state index in [-0.39, 0.29) is 18.4 Å². The normalized spacial score (nSPS) is 23.4. The molecule has 1 fully saturated rings. The predicted octanol–water partition coefficient (Wildman–Crippen LogP) is 2.24. The number of hydrogen-bond donors (Lipinski definition) is 1. The highest BCUT2D eigenvalue weighted by Gasteiger charge is 2.32. The second-order valence-corrected chi connectivity index (χ2v) is 4.93. The summed E-state index contributed by atoms with van der Waals surface area (Å²) in [5, 5.41) is 9.38. The molecule has 4 heteroatoms. The number of halogens is 1. The maximum atomic E-state index is 14.0. The van der Waals surface area contributed by atoms with Crippen molar-refractivity contribution in [3.05, 3.63) is 29.6 Å². The van der Waals surface area contributed by atoms with Crippen molar-refractivity contribution in [3.8, 4) is 0 Å². The number of hydrogen-bond acceptors (Lipinski definition) is 3. The maximum Gasteiger partial charge on any atom is 0.159 e. The van der Waals surface area contributed by atoms with E-state index >= 15 is 0 Å². The van der Waals surface area contributed by atoms with Gasteiger partial charge >= 0.3 is 0 Å². The molecule has 0 saturated carbocycles. The molecule has 0 amide bonds. The van der Waals surface area contributed by atoms with Gasteiger partial charge in [0.2, 0.25) is 0 Å². The monoisotopic (exact) mass is 251 g/mol. The van der Waals surface area contributed by atoms with Crippen molar-refractivity contribution in [2.45, 2.75) is 26.3 Å². The standard InChI is InChI=1S/C14H18FNO2/c1-9-5-6-16(14(9)8-17)13-4-3-11(10(2)18)7-12(13)15/h3-4,7,9,14,17H,5-6,8H2,1-2H3. The molecular weight excluding hydrogens is 233 g/mol. The molecular formula is C14H18FNO2. The van der Waals surface area contributed by atoms with Crippen LogP contribution in [0.4, 0.5) is 10.1 Å². The molecule has 1 N–H and O–H groups in total. The van der Waals surface area contributed by atoms with Crippen LogP contribution in [0.2, 0.25) is 0 Å². The van der Waals surface area contributed by atoms with Gasteiger partial charge in [0.1, 0.15) is 5.82 Å². The van der Waals surface area contributed by atoms with Gasteiger partial charge < -0.3 is 10.0 Å². The van der Waals surface area contributed by atoms with E-state index in [4.69, 9.17) is 0 Å². The van der Waals surface area contributed by atoms with Gasteiger partial charge in [-0.25, -0.2) is 4.39 Å². The second kappa shape index (κ2) is 5.06. The molecule has 3 nitrogen and oxygen atoms in total. The summed E-state index contributed by atoms with van der Waals surface area (Å²) in [5.41, 5.74) is 0.854. The molecule has 2 rings (SSSR count). The summed E-state index contributed by atoms with van der Waals surface area (Å²) in [5.74, 6) is -0.189. The van der Waals surface area contributed by atoms with Gasteiger partial charge in [-0.3, -0.25) is 4.79 Å². The fraction of sp³-hybridized carbons (Fsp3) is 0.500. The van der Waals surface area contributed by atoms with E-state index in [0.29, 0.717) is 17.2 Å². The number of rotatable bonds is 3. The highest BCUT2D eigenvalue weighted by atomic mass is 19.1. The zero-order chi connectivity index (χ0) is 13.3. The average Bonchev–Trinajstić information content (AvgIpc) is 2.70. The molecule has 1 aliphatic heterocycles. The Balaban J connectivity index is 2.31. The molecule has 1 aliphatic rings. The molecule has 1 heterocycles. The van der Waals surface area contributed by atoms with E-state index in [1.165, 1.54) is 13.0 Å². The third-order valence-electron chi connectivity index (χ3n) is 3.73. The van der Waals surface area contributed by atoms with Gasteiger partial charge in [-0.05, 0) is 37.5 Å². The zero-order valence-electron chi connectivity index (χ0n) is 10.7. The van der Waals surface area contributed by atoms with E-state index < -0.39 is 5.82 Å². The largest absolute Gasteiger partial charge is 0.394 e. The van der Waals surface area contributed by atoms with Crippen molar-refractivity contribution in [2.24, 2.45) is 5.92 Å². The second-order valence-electron chi connectivity index (χ2n) is 4.93. The molecule has 0 aromatic heterocycles. The van der Waals surface area contributed by atoms with Crippen molar-refractivity contribution in [1.82, 2.24) is 0 Å². The Kier molecular flexibility index (Phi) is 3.66. The number of carbonyl (C=O) groups is 1. The van der Waals surface area contributed by atoms with E-state index in [2.05, 4.69) is 6.92 Å². The van der Waals surface area contributed by atoms with Crippen LogP contribution in [0.25, 0.3) is 0 Å². The van der Waals surface area contributed by atoms with Crippen molar-refractivity contribution < 1.29 is 14.3 Å². The smallest absolute Gasteiger partial charge is 0.159 e. The van der Waals surface area contributed by atoms with Gasteiger partial charge in [-0.1, -0.05) is 6.92 Å². The number of anilines is 1. The first-order valence-corrected chi connectivity index (χ1v) is 6.22. The number of carbonyl (C=O) groups excluding carboxylic acids is 1. The number of Topliss-reactive ketones (excluding diaryl/α,β-unsaturated/α-hetero) is 1. The highest BCUT2D eigenvalue weighted by molar-refractivity contribution is 5.94. The molecule has 18 heavy (non-hydrogen) atoms. The topological polar surface area (TPSA) is 40.5 Å². The van der Waals surface area contributed by atoms with Gasteiger partial charge in [0.25, 0.3) is 0 Å². The lowest BCUT2D eigenvalue weighted by atomic mass is 10.0. The van der Waals surface area contributed by atoms with E-state index in [9.17, 15) is 14.3 Å². The van der Waals surface area contributed by atoms with Crippen molar-refractivity contribution in [3.63, 3.8) is 0 Å². The Morgan fingerprint density at radius 2 is 2.28 bits per heavy atom. The van der Waals surface area contributed by atoms with Gasteiger partial charge in [-0.2, -0.15) is 0 Å². The summed E-state index contributed by atoms with van der Waals surface area (Å²) in [6.07, 6.45) is 0.944. The predicted molar refractivity (Wildman–Crippen MR) is 68.4 cm³/mol. The first kappa shape index (κ1) is 13.0. The van der Waals surface area contributed by atoms with Crippen LogP contribution in [0.1, 0.15) is 30.6 Å². The van der Waals surface area contributed by atoms with Crippen LogP contribution in [-0.4, -0.2) is 30.1 Å². The summed E-state index contributed by atoms with van der Waals surface area (Å²) >= 11 is 0. The number of benzene rings is 1. The number of aliphatic hydroxyl groups excluding tert-OH is 1. The minimum absolute atomic E-state index is 0.0229. The Hall–Kier alpha value is -1.42. The molecule has 0 aliphatic carbocycles. The molecule has 0 bridgehead atoms. The third kappa shape index (κ3) is 2.25. The molecule has 1 saturated heterocycles. The van der Waals surface area contributed by atoms with Crippen LogP contribution in [0.3, 0.4) is 0 Å².